The number of nitriles is 1. The van der Waals surface area contributed by atoms with Crippen molar-refractivity contribution in [3.63, 3.8) is 0 Å². The molecule has 0 atom stereocenters. The molecule has 0 saturated carbocycles. The van der Waals surface area contributed by atoms with E-state index in [1.165, 1.54) is 61.0 Å². The fourth-order valence-corrected chi connectivity index (χ4v) is 6.65. The van der Waals surface area contributed by atoms with E-state index in [0.717, 1.165) is 11.1 Å². The lowest BCUT2D eigenvalue weighted by Crippen LogP contribution is -2.15. The molecule has 3 heteroatoms. The first kappa shape index (κ1) is 25.5. The molecule has 1 aliphatic carbocycles. The summed E-state index contributed by atoms with van der Waals surface area (Å²) in [6.07, 6.45) is 1.45. The van der Waals surface area contributed by atoms with Crippen LogP contribution < -0.4 is 0 Å². The Morgan fingerprint density at radius 1 is 0.667 bits per heavy atom. The molecule has 1 N–H and O–H groups in total. The maximum absolute atomic E-state index is 11.5. The van der Waals surface area contributed by atoms with Crippen LogP contribution in [0.1, 0.15) is 30.5 Å². The highest BCUT2D eigenvalue weighted by molar-refractivity contribution is 6.22. The third kappa shape index (κ3) is 3.84. The van der Waals surface area contributed by atoms with Crippen molar-refractivity contribution in [1.29, 1.82) is 5.26 Å². The molecule has 0 amide bonds. The molecule has 0 aromatic heterocycles. The highest BCUT2D eigenvalue weighted by Gasteiger charge is 2.36. The second kappa shape index (κ2) is 9.58. The molecule has 0 radical (unpaired) electrons. The van der Waals surface area contributed by atoms with Crippen LogP contribution in [0.5, 0.6) is 0 Å². The van der Waals surface area contributed by atoms with Crippen LogP contribution in [0.25, 0.3) is 61.0 Å². The van der Waals surface area contributed by atoms with Crippen molar-refractivity contribution in [2.24, 2.45) is 0 Å². The Morgan fingerprint density at radius 3 is 1.74 bits per heavy atom. The number of fused-ring (bicyclic) bond motifs is 5. The van der Waals surface area contributed by atoms with Crippen molar-refractivity contribution in [1.82, 2.24) is 0 Å². The number of carboxylic acid groups (broad SMARTS) is 1. The molecule has 6 aromatic rings. The van der Waals surface area contributed by atoms with Crippen molar-refractivity contribution in [3.8, 4) is 39.4 Å². The van der Waals surface area contributed by atoms with E-state index in [0.29, 0.717) is 5.56 Å². The van der Waals surface area contributed by atoms with Crippen LogP contribution in [0, 0.1) is 11.3 Å². The van der Waals surface area contributed by atoms with E-state index >= 15 is 0 Å². The quantitative estimate of drug-likeness (QED) is 0.137. The van der Waals surface area contributed by atoms with E-state index in [1.807, 2.05) is 12.1 Å². The number of rotatable bonds is 4. The molecule has 0 saturated heterocycles. The van der Waals surface area contributed by atoms with Crippen LogP contribution in [0.3, 0.4) is 0 Å². The average Bonchev–Trinajstić information content (AvgIpc) is 3.23. The normalized spacial score (nSPS) is 13.5. The van der Waals surface area contributed by atoms with E-state index in [1.54, 1.807) is 6.07 Å². The lowest BCUT2D eigenvalue weighted by atomic mass is 9.79. The number of benzene rings is 6. The summed E-state index contributed by atoms with van der Waals surface area (Å²) in [5, 5.41) is 23.6. The zero-order valence-corrected chi connectivity index (χ0v) is 23.3. The van der Waals surface area contributed by atoms with E-state index in [4.69, 9.17) is 0 Å². The number of hydrogen-bond donors (Lipinski definition) is 1. The summed E-state index contributed by atoms with van der Waals surface area (Å²) in [7, 11) is 0. The fourth-order valence-electron chi connectivity index (χ4n) is 6.65. The lowest BCUT2D eigenvalue weighted by molar-refractivity contribution is -0.132. The number of carbonyl (C=O) groups is 1. The SMILES string of the molecule is CC1(C)c2cc(/C=C(\C#N)C(=O)O)ccc2-c2cc3c(-c4ccccc4)c4ccccc4c(-c4ccccc4)c3cc21. The van der Waals surface area contributed by atoms with Crippen molar-refractivity contribution < 1.29 is 9.90 Å². The Labute approximate surface area is 244 Å². The summed E-state index contributed by atoms with van der Waals surface area (Å²) < 4.78 is 0. The van der Waals surface area contributed by atoms with E-state index in [-0.39, 0.29) is 11.0 Å². The molecule has 200 valence electrons. The van der Waals surface area contributed by atoms with Gasteiger partial charge in [0.1, 0.15) is 11.6 Å². The number of nitrogens with zero attached hydrogens (tertiary/aromatic N) is 1. The predicted octanol–water partition coefficient (Wildman–Crippen LogP) is 9.62. The van der Waals surface area contributed by atoms with Crippen LogP contribution in [-0.4, -0.2) is 11.1 Å². The largest absolute Gasteiger partial charge is 0.477 e. The van der Waals surface area contributed by atoms with Gasteiger partial charge in [0.25, 0.3) is 0 Å². The smallest absolute Gasteiger partial charge is 0.346 e. The van der Waals surface area contributed by atoms with E-state index in [9.17, 15) is 15.2 Å². The second-order valence-electron chi connectivity index (χ2n) is 11.4. The van der Waals surface area contributed by atoms with Gasteiger partial charge >= 0.3 is 5.97 Å². The Morgan fingerprint density at radius 2 is 1.19 bits per heavy atom. The molecule has 1 aliphatic rings. The van der Waals surface area contributed by atoms with Crippen LogP contribution in [0.2, 0.25) is 0 Å². The van der Waals surface area contributed by atoms with Gasteiger partial charge in [-0.05, 0) is 89.8 Å². The molecule has 0 spiro atoms. The summed E-state index contributed by atoms with van der Waals surface area (Å²) in [5.41, 5.74) is 9.57. The van der Waals surface area contributed by atoms with Gasteiger partial charge < -0.3 is 5.11 Å². The van der Waals surface area contributed by atoms with Gasteiger partial charge in [-0.3, -0.25) is 0 Å². The first-order chi connectivity index (χ1) is 20.4. The fraction of sp³-hybridized carbons (Fsp3) is 0.0769. The van der Waals surface area contributed by atoms with Gasteiger partial charge in [-0.15, -0.1) is 0 Å². The minimum absolute atomic E-state index is 0.277. The zero-order chi connectivity index (χ0) is 29.0. The van der Waals surface area contributed by atoms with Gasteiger partial charge in [0.2, 0.25) is 0 Å². The second-order valence-corrected chi connectivity index (χ2v) is 11.4. The molecule has 0 unspecified atom stereocenters. The lowest BCUT2D eigenvalue weighted by Gasteiger charge is -2.24. The van der Waals surface area contributed by atoms with Crippen LogP contribution >= 0.6 is 0 Å². The minimum atomic E-state index is -1.22. The van der Waals surface area contributed by atoms with Crippen molar-refractivity contribution in [3.05, 3.63) is 138 Å². The summed E-state index contributed by atoms with van der Waals surface area (Å²) in [6, 6.07) is 42.4. The molecule has 6 aromatic carbocycles. The van der Waals surface area contributed by atoms with Crippen molar-refractivity contribution in [2.75, 3.05) is 0 Å². The maximum Gasteiger partial charge on any atom is 0.346 e. The first-order valence-corrected chi connectivity index (χ1v) is 14.0. The van der Waals surface area contributed by atoms with Gasteiger partial charge in [0.05, 0.1) is 0 Å². The van der Waals surface area contributed by atoms with Crippen LogP contribution in [-0.2, 0) is 10.2 Å². The molecular formula is C39H27NO2. The highest BCUT2D eigenvalue weighted by atomic mass is 16.4. The molecule has 0 fully saturated rings. The molecule has 0 heterocycles. The Kier molecular flexibility index (Phi) is 5.82. The third-order valence-corrected chi connectivity index (χ3v) is 8.63. The highest BCUT2D eigenvalue weighted by Crippen LogP contribution is 2.53. The van der Waals surface area contributed by atoms with E-state index in [2.05, 4.69) is 117 Å². The van der Waals surface area contributed by atoms with Crippen molar-refractivity contribution >= 4 is 33.6 Å². The first-order valence-electron chi connectivity index (χ1n) is 14.0. The predicted molar refractivity (Wildman–Crippen MR) is 171 cm³/mol. The maximum atomic E-state index is 11.5. The van der Waals surface area contributed by atoms with Gasteiger partial charge in [-0.2, -0.15) is 5.26 Å². The molecule has 7 rings (SSSR count). The van der Waals surface area contributed by atoms with Gasteiger partial charge in [0, 0.05) is 5.41 Å². The Balaban J connectivity index is 1.59. The Bertz CT molecular complexity index is 2130. The number of aliphatic carboxylic acids is 1. The molecule has 0 aliphatic heterocycles. The zero-order valence-electron chi connectivity index (χ0n) is 23.3. The summed E-state index contributed by atoms with van der Waals surface area (Å²) in [6.45, 7) is 4.45. The Hall–Kier alpha value is -5.46. The van der Waals surface area contributed by atoms with Crippen molar-refractivity contribution in [2.45, 2.75) is 19.3 Å². The average molecular weight is 542 g/mol. The van der Waals surface area contributed by atoms with Gasteiger partial charge in [-0.25, -0.2) is 4.79 Å². The minimum Gasteiger partial charge on any atom is -0.477 e. The van der Waals surface area contributed by atoms with Crippen LogP contribution in [0.15, 0.2) is 121 Å². The summed E-state index contributed by atoms with van der Waals surface area (Å²) >= 11 is 0. The number of hydrogen-bond acceptors (Lipinski definition) is 2. The number of carboxylic acids is 1. The molecule has 42 heavy (non-hydrogen) atoms. The molecule has 3 nitrogen and oxygen atoms in total. The molecule has 0 bridgehead atoms. The summed E-state index contributed by atoms with van der Waals surface area (Å²) in [5.74, 6) is -1.22. The van der Waals surface area contributed by atoms with Gasteiger partial charge in [-0.1, -0.05) is 117 Å². The third-order valence-electron chi connectivity index (χ3n) is 8.63. The summed E-state index contributed by atoms with van der Waals surface area (Å²) in [4.78, 5) is 11.5. The van der Waals surface area contributed by atoms with Crippen LogP contribution in [0.4, 0.5) is 0 Å². The molecular weight excluding hydrogens is 514 g/mol. The van der Waals surface area contributed by atoms with E-state index < -0.39 is 5.97 Å². The standard InChI is InChI=1S/C39H27NO2/c1-39(2)34-20-24(19-27(23-40)38(41)42)17-18-28(34)31-21-32-33(22-35(31)39)37(26-13-7-4-8-14-26)30-16-10-9-15-29(30)36(32)25-11-5-3-6-12-25/h3-22H,1-2H3,(H,41,42)/b27-19+. The monoisotopic (exact) mass is 541 g/mol. The topological polar surface area (TPSA) is 61.1 Å². The van der Waals surface area contributed by atoms with Gasteiger partial charge in [0.15, 0.2) is 0 Å².